The lowest BCUT2D eigenvalue weighted by Gasteiger charge is -2.13. The van der Waals surface area contributed by atoms with Crippen molar-refractivity contribution >= 4 is 45.8 Å². The standard InChI is InChI=1S/C24H17ClFN5O4/c1-31-24(35)17-5-3-2-4-16(17)20(30-31)23(34)29-28-22(33)18-11-8-14(25)12-19(18)27-21(32)13-6-9-15(26)10-7-13/h2-12H,1H3,(H,27,32)(H,28,33)(H,29,34). The van der Waals surface area contributed by atoms with Gasteiger partial charge in [0.15, 0.2) is 5.69 Å². The summed E-state index contributed by atoms with van der Waals surface area (Å²) in [6, 6.07) is 15.5. The average molecular weight is 494 g/mol. The fourth-order valence-corrected chi connectivity index (χ4v) is 3.49. The van der Waals surface area contributed by atoms with Gasteiger partial charge < -0.3 is 5.32 Å². The van der Waals surface area contributed by atoms with E-state index in [9.17, 15) is 23.6 Å². The van der Waals surface area contributed by atoms with E-state index in [1.807, 2.05) is 0 Å². The van der Waals surface area contributed by atoms with E-state index >= 15 is 0 Å². The van der Waals surface area contributed by atoms with E-state index in [0.717, 1.165) is 16.8 Å². The predicted octanol–water partition coefficient (Wildman–Crippen LogP) is 3.05. The van der Waals surface area contributed by atoms with Crippen molar-refractivity contribution in [2.75, 3.05) is 5.32 Å². The minimum Gasteiger partial charge on any atom is -0.321 e. The van der Waals surface area contributed by atoms with Crippen LogP contribution in [0.4, 0.5) is 10.1 Å². The van der Waals surface area contributed by atoms with Gasteiger partial charge in [-0.05, 0) is 48.5 Å². The molecular formula is C24H17ClFN5O4. The number of anilines is 1. The van der Waals surface area contributed by atoms with Crippen molar-refractivity contribution in [1.29, 1.82) is 0 Å². The highest BCUT2D eigenvalue weighted by Gasteiger charge is 2.19. The molecule has 0 saturated carbocycles. The normalized spacial score (nSPS) is 10.6. The molecule has 9 nitrogen and oxygen atoms in total. The summed E-state index contributed by atoms with van der Waals surface area (Å²) in [5.41, 5.74) is 4.34. The van der Waals surface area contributed by atoms with E-state index in [2.05, 4.69) is 21.3 Å². The minimum absolute atomic E-state index is 0.00319. The van der Waals surface area contributed by atoms with E-state index in [0.29, 0.717) is 10.8 Å². The molecule has 176 valence electrons. The Labute approximate surface area is 202 Å². The van der Waals surface area contributed by atoms with Gasteiger partial charge in [0.2, 0.25) is 0 Å². The molecule has 4 rings (SSSR count). The molecule has 1 heterocycles. The first-order chi connectivity index (χ1) is 16.7. The number of hydrazine groups is 1. The molecule has 0 atom stereocenters. The van der Waals surface area contributed by atoms with Crippen LogP contribution >= 0.6 is 11.6 Å². The average Bonchev–Trinajstić information content (AvgIpc) is 2.85. The molecule has 3 N–H and O–H groups in total. The molecule has 0 saturated heterocycles. The van der Waals surface area contributed by atoms with Gasteiger partial charge in [0.1, 0.15) is 5.82 Å². The molecule has 0 aliphatic carbocycles. The minimum atomic E-state index is -0.754. The van der Waals surface area contributed by atoms with Crippen LogP contribution in [0, 0.1) is 5.82 Å². The number of benzene rings is 3. The highest BCUT2D eigenvalue weighted by Crippen LogP contribution is 2.22. The van der Waals surface area contributed by atoms with Crippen LogP contribution in [-0.2, 0) is 7.05 Å². The van der Waals surface area contributed by atoms with Gasteiger partial charge in [0.25, 0.3) is 23.3 Å². The quantitative estimate of drug-likeness (QED) is 0.377. The first kappa shape index (κ1) is 23.6. The third-order valence-electron chi connectivity index (χ3n) is 5.04. The third-order valence-corrected chi connectivity index (χ3v) is 5.28. The summed E-state index contributed by atoms with van der Waals surface area (Å²) in [6.45, 7) is 0. The number of nitrogens with zero attached hydrogens (tertiary/aromatic N) is 2. The number of aryl methyl sites for hydroxylation is 1. The first-order valence-corrected chi connectivity index (χ1v) is 10.6. The van der Waals surface area contributed by atoms with Gasteiger partial charge in [-0.3, -0.25) is 30.0 Å². The Kier molecular flexibility index (Phi) is 6.56. The maximum Gasteiger partial charge on any atom is 0.290 e. The molecule has 0 bridgehead atoms. The number of hydrogen-bond donors (Lipinski definition) is 3. The zero-order valence-corrected chi connectivity index (χ0v) is 18.9. The molecule has 0 aliphatic heterocycles. The molecule has 11 heteroatoms. The molecule has 0 fully saturated rings. The first-order valence-electron chi connectivity index (χ1n) is 10.2. The molecule has 3 amide bonds. The van der Waals surface area contributed by atoms with Gasteiger partial charge in [-0.2, -0.15) is 5.10 Å². The Morgan fingerprint density at radius 1 is 0.886 bits per heavy atom. The topological polar surface area (TPSA) is 122 Å². The van der Waals surface area contributed by atoms with Crippen molar-refractivity contribution in [1.82, 2.24) is 20.6 Å². The van der Waals surface area contributed by atoms with Crippen LogP contribution in [0.25, 0.3) is 10.8 Å². The summed E-state index contributed by atoms with van der Waals surface area (Å²) in [4.78, 5) is 50.4. The fraction of sp³-hybridized carbons (Fsp3) is 0.0417. The van der Waals surface area contributed by atoms with Gasteiger partial charge in [-0.1, -0.05) is 29.8 Å². The molecular weight excluding hydrogens is 477 g/mol. The van der Waals surface area contributed by atoms with E-state index < -0.39 is 23.5 Å². The van der Waals surface area contributed by atoms with Crippen LogP contribution in [0.3, 0.4) is 0 Å². The summed E-state index contributed by atoms with van der Waals surface area (Å²) in [5.74, 6) is -2.60. The van der Waals surface area contributed by atoms with Gasteiger partial charge in [0.05, 0.1) is 16.6 Å². The van der Waals surface area contributed by atoms with Crippen molar-refractivity contribution in [3.05, 3.63) is 105 Å². The van der Waals surface area contributed by atoms with Crippen LogP contribution in [0.5, 0.6) is 0 Å². The Morgan fingerprint density at radius 2 is 1.54 bits per heavy atom. The number of carbonyl (C=O) groups is 3. The summed E-state index contributed by atoms with van der Waals surface area (Å²) in [6.07, 6.45) is 0. The Morgan fingerprint density at radius 3 is 2.26 bits per heavy atom. The largest absolute Gasteiger partial charge is 0.321 e. The summed E-state index contributed by atoms with van der Waals surface area (Å²) in [5, 5.41) is 7.42. The van der Waals surface area contributed by atoms with Crippen molar-refractivity contribution in [3.8, 4) is 0 Å². The van der Waals surface area contributed by atoms with E-state index in [1.54, 1.807) is 24.3 Å². The molecule has 0 radical (unpaired) electrons. The highest BCUT2D eigenvalue weighted by molar-refractivity contribution is 6.31. The second-order valence-electron chi connectivity index (χ2n) is 7.38. The number of rotatable bonds is 4. The molecule has 0 unspecified atom stereocenters. The zero-order chi connectivity index (χ0) is 25.1. The summed E-state index contributed by atoms with van der Waals surface area (Å²) >= 11 is 6.02. The molecule has 0 spiro atoms. The molecule has 0 aliphatic rings. The Bertz CT molecular complexity index is 1540. The van der Waals surface area contributed by atoms with Crippen LogP contribution in [0.15, 0.2) is 71.5 Å². The molecule has 35 heavy (non-hydrogen) atoms. The SMILES string of the molecule is Cn1nc(C(=O)NNC(=O)c2ccc(Cl)cc2NC(=O)c2ccc(F)cc2)c2ccccc2c1=O. The lowest BCUT2D eigenvalue weighted by molar-refractivity contribution is 0.0844. The zero-order valence-electron chi connectivity index (χ0n) is 18.1. The van der Waals surface area contributed by atoms with Crippen molar-refractivity contribution in [2.24, 2.45) is 7.05 Å². The third kappa shape index (κ3) is 5.02. The maximum absolute atomic E-state index is 13.1. The van der Waals surface area contributed by atoms with Crippen LogP contribution < -0.4 is 21.7 Å². The monoisotopic (exact) mass is 493 g/mol. The van der Waals surface area contributed by atoms with Crippen LogP contribution in [0.1, 0.15) is 31.2 Å². The number of halogens is 2. The van der Waals surface area contributed by atoms with Gasteiger partial charge >= 0.3 is 0 Å². The summed E-state index contributed by atoms with van der Waals surface area (Å²) < 4.78 is 14.2. The number of aromatic nitrogens is 2. The lowest BCUT2D eigenvalue weighted by Crippen LogP contribution is -2.43. The number of nitrogens with one attached hydrogen (secondary N) is 3. The van der Waals surface area contributed by atoms with E-state index in [-0.39, 0.29) is 33.1 Å². The van der Waals surface area contributed by atoms with Crippen LogP contribution in [-0.4, -0.2) is 27.5 Å². The number of carbonyl (C=O) groups excluding carboxylic acids is 3. The van der Waals surface area contributed by atoms with Crippen molar-refractivity contribution < 1.29 is 18.8 Å². The predicted molar refractivity (Wildman–Crippen MR) is 128 cm³/mol. The summed E-state index contributed by atoms with van der Waals surface area (Å²) in [7, 11) is 1.41. The van der Waals surface area contributed by atoms with Gasteiger partial charge in [0, 0.05) is 23.0 Å². The molecule has 1 aromatic heterocycles. The van der Waals surface area contributed by atoms with Crippen molar-refractivity contribution in [3.63, 3.8) is 0 Å². The van der Waals surface area contributed by atoms with E-state index in [4.69, 9.17) is 11.6 Å². The maximum atomic E-state index is 13.1. The molecule has 3 aromatic carbocycles. The number of hydrogen-bond acceptors (Lipinski definition) is 5. The smallest absolute Gasteiger partial charge is 0.290 e. The fourth-order valence-electron chi connectivity index (χ4n) is 3.32. The number of fused-ring (bicyclic) bond motifs is 1. The van der Waals surface area contributed by atoms with Gasteiger partial charge in [-0.25, -0.2) is 9.07 Å². The lowest BCUT2D eigenvalue weighted by atomic mass is 10.1. The molecule has 4 aromatic rings. The second-order valence-corrected chi connectivity index (χ2v) is 7.82. The Balaban J connectivity index is 1.54. The second kappa shape index (κ2) is 9.74. The van der Waals surface area contributed by atoms with Crippen molar-refractivity contribution in [2.45, 2.75) is 0 Å². The highest BCUT2D eigenvalue weighted by atomic mass is 35.5. The van der Waals surface area contributed by atoms with E-state index in [1.165, 1.54) is 37.4 Å². The van der Waals surface area contributed by atoms with Crippen LogP contribution in [0.2, 0.25) is 5.02 Å². The Hall–Kier alpha value is -4.57. The van der Waals surface area contributed by atoms with Gasteiger partial charge in [-0.15, -0.1) is 0 Å². The number of amides is 3.